The minimum Gasteiger partial charge on any atom is -0.152 e. The van der Waals surface area contributed by atoms with Crippen molar-refractivity contribution in [2.24, 2.45) is 0 Å². The Morgan fingerprint density at radius 3 is 2.29 bits per heavy atom. The lowest BCUT2D eigenvalue weighted by molar-refractivity contribution is 1.16. The van der Waals surface area contributed by atoms with Crippen LogP contribution < -0.4 is 0 Å². The Hall–Kier alpha value is -0.500. The molecule has 0 saturated heterocycles. The highest BCUT2D eigenvalue weighted by atomic mass is 35.5. The molecule has 0 amide bonds. The van der Waals surface area contributed by atoms with Crippen molar-refractivity contribution >= 4 is 34.5 Å². The van der Waals surface area contributed by atoms with E-state index in [1.807, 2.05) is 35.7 Å². The lowest BCUT2D eigenvalue weighted by Gasteiger charge is -2.07. The first-order valence-corrected chi connectivity index (χ1v) is 5.95. The normalized spacial score (nSPS) is 12.7. The Kier molecular flexibility index (Phi) is 3.12. The zero-order valence-electron chi connectivity index (χ0n) is 7.28. The molecule has 14 heavy (non-hydrogen) atoms. The molecule has 0 saturated carbocycles. The van der Waals surface area contributed by atoms with Crippen LogP contribution in [0.4, 0.5) is 0 Å². The van der Waals surface area contributed by atoms with Crippen LogP contribution in [0.2, 0.25) is 5.02 Å². The standard InChI is InChI=1S/C11H8Cl2S/c12-10-3-1-8(2-4-10)11(13)9-5-6-14-7-9/h1-7,11H. The molecule has 1 atom stereocenters. The van der Waals surface area contributed by atoms with E-state index in [2.05, 4.69) is 5.38 Å². The van der Waals surface area contributed by atoms with E-state index in [1.165, 1.54) is 0 Å². The second-order valence-corrected chi connectivity index (χ2v) is 4.62. The molecule has 0 fully saturated rings. The van der Waals surface area contributed by atoms with Gasteiger partial charge in [-0.05, 0) is 40.1 Å². The fourth-order valence-corrected chi connectivity index (χ4v) is 2.41. The molecule has 3 heteroatoms. The van der Waals surface area contributed by atoms with E-state index in [1.54, 1.807) is 11.3 Å². The number of rotatable bonds is 2. The summed E-state index contributed by atoms with van der Waals surface area (Å²) in [5, 5.41) is 4.76. The number of benzene rings is 1. The van der Waals surface area contributed by atoms with Gasteiger partial charge in [-0.1, -0.05) is 23.7 Å². The highest BCUT2D eigenvalue weighted by molar-refractivity contribution is 7.08. The van der Waals surface area contributed by atoms with Crippen LogP contribution in [-0.2, 0) is 0 Å². The summed E-state index contributed by atoms with van der Waals surface area (Å²) in [6, 6.07) is 9.67. The highest BCUT2D eigenvalue weighted by Gasteiger charge is 2.10. The Labute approximate surface area is 97.1 Å². The molecular weight excluding hydrogens is 235 g/mol. The predicted molar refractivity (Wildman–Crippen MR) is 63.5 cm³/mol. The number of thiophene rings is 1. The topological polar surface area (TPSA) is 0 Å². The van der Waals surface area contributed by atoms with E-state index in [9.17, 15) is 0 Å². The van der Waals surface area contributed by atoms with Crippen LogP contribution in [-0.4, -0.2) is 0 Å². The average Bonchev–Trinajstić information content (AvgIpc) is 2.71. The van der Waals surface area contributed by atoms with Crippen molar-refractivity contribution in [3.8, 4) is 0 Å². The van der Waals surface area contributed by atoms with Crippen LogP contribution in [0.15, 0.2) is 41.1 Å². The third-order valence-corrected chi connectivity index (χ3v) is 3.46. The lowest BCUT2D eigenvalue weighted by Crippen LogP contribution is -1.89. The van der Waals surface area contributed by atoms with Crippen LogP contribution in [0.1, 0.15) is 16.5 Å². The van der Waals surface area contributed by atoms with E-state index in [-0.39, 0.29) is 5.38 Å². The molecule has 0 radical (unpaired) electrons. The number of hydrogen-bond donors (Lipinski definition) is 0. The lowest BCUT2D eigenvalue weighted by atomic mass is 10.1. The smallest absolute Gasteiger partial charge is 0.0843 e. The molecule has 72 valence electrons. The summed E-state index contributed by atoms with van der Waals surface area (Å²) < 4.78 is 0. The van der Waals surface area contributed by atoms with Crippen molar-refractivity contribution in [1.82, 2.24) is 0 Å². The van der Waals surface area contributed by atoms with E-state index in [0.717, 1.165) is 16.1 Å². The first-order chi connectivity index (χ1) is 6.77. The van der Waals surface area contributed by atoms with Gasteiger partial charge in [0.05, 0.1) is 5.38 Å². The highest BCUT2D eigenvalue weighted by Crippen LogP contribution is 2.30. The van der Waals surface area contributed by atoms with E-state index in [0.29, 0.717) is 0 Å². The zero-order valence-corrected chi connectivity index (χ0v) is 9.61. The van der Waals surface area contributed by atoms with Gasteiger partial charge in [0.25, 0.3) is 0 Å². The van der Waals surface area contributed by atoms with Gasteiger partial charge >= 0.3 is 0 Å². The summed E-state index contributed by atoms with van der Waals surface area (Å²) in [4.78, 5) is 0. The molecule has 1 aromatic carbocycles. The molecular formula is C11H8Cl2S. The maximum absolute atomic E-state index is 6.29. The fraction of sp³-hybridized carbons (Fsp3) is 0.0909. The van der Waals surface area contributed by atoms with Crippen LogP contribution in [0.5, 0.6) is 0 Å². The van der Waals surface area contributed by atoms with Gasteiger partial charge in [-0.25, -0.2) is 0 Å². The van der Waals surface area contributed by atoms with Crippen molar-refractivity contribution in [2.45, 2.75) is 5.38 Å². The molecule has 0 spiro atoms. The minimum atomic E-state index is -0.0708. The zero-order chi connectivity index (χ0) is 9.97. The summed E-state index contributed by atoms with van der Waals surface area (Å²) in [7, 11) is 0. The van der Waals surface area contributed by atoms with Gasteiger partial charge in [-0.15, -0.1) is 11.6 Å². The Morgan fingerprint density at radius 1 is 1.00 bits per heavy atom. The maximum atomic E-state index is 6.29. The summed E-state index contributed by atoms with van der Waals surface area (Å²) >= 11 is 13.7. The Balaban J connectivity index is 2.28. The number of alkyl halides is 1. The van der Waals surface area contributed by atoms with Crippen LogP contribution in [0, 0.1) is 0 Å². The third-order valence-electron chi connectivity index (χ3n) is 2.00. The van der Waals surface area contributed by atoms with E-state index in [4.69, 9.17) is 23.2 Å². The van der Waals surface area contributed by atoms with Crippen molar-refractivity contribution in [2.75, 3.05) is 0 Å². The Morgan fingerprint density at radius 2 is 1.71 bits per heavy atom. The summed E-state index contributed by atoms with van der Waals surface area (Å²) in [6.07, 6.45) is 0. The molecule has 0 bridgehead atoms. The molecule has 1 unspecified atom stereocenters. The fourth-order valence-electron chi connectivity index (χ4n) is 1.24. The minimum absolute atomic E-state index is 0.0708. The summed E-state index contributed by atoms with van der Waals surface area (Å²) in [5.74, 6) is 0. The maximum Gasteiger partial charge on any atom is 0.0843 e. The van der Waals surface area contributed by atoms with Gasteiger partial charge in [-0.2, -0.15) is 11.3 Å². The van der Waals surface area contributed by atoms with Gasteiger partial charge in [0, 0.05) is 5.02 Å². The number of hydrogen-bond acceptors (Lipinski definition) is 1. The molecule has 2 rings (SSSR count). The number of halogens is 2. The second kappa shape index (κ2) is 4.35. The van der Waals surface area contributed by atoms with Gasteiger partial charge in [0.1, 0.15) is 0 Å². The van der Waals surface area contributed by atoms with Gasteiger partial charge < -0.3 is 0 Å². The average molecular weight is 243 g/mol. The predicted octanol–water partition coefficient (Wildman–Crippen LogP) is 4.73. The van der Waals surface area contributed by atoms with Gasteiger partial charge in [0.2, 0.25) is 0 Å². The molecule has 1 heterocycles. The quantitative estimate of drug-likeness (QED) is 0.669. The van der Waals surface area contributed by atoms with E-state index < -0.39 is 0 Å². The van der Waals surface area contributed by atoms with Gasteiger partial charge in [0.15, 0.2) is 0 Å². The van der Waals surface area contributed by atoms with Crippen LogP contribution in [0.3, 0.4) is 0 Å². The second-order valence-electron chi connectivity index (χ2n) is 2.97. The van der Waals surface area contributed by atoms with E-state index >= 15 is 0 Å². The van der Waals surface area contributed by atoms with Crippen molar-refractivity contribution in [1.29, 1.82) is 0 Å². The molecule has 0 aliphatic rings. The molecule has 0 N–H and O–H groups in total. The van der Waals surface area contributed by atoms with Crippen molar-refractivity contribution in [3.63, 3.8) is 0 Å². The monoisotopic (exact) mass is 242 g/mol. The molecule has 0 nitrogen and oxygen atoms in total. The SMILES string of the molecule is Clc1ccc(C(Cl)c2ccsc2)cc1. The first kappa shape index (κ1) is 10.0. The molecule has 0 aliphatic heterocycles. The van der Waals surface area contributed by atoms with Crippen LogP contribution in [0.25, 0.3) is 0 Å². The molecule has 2 aromatic rings. The molecule has 0 aliphatic carbocycles. The third kappa shape index (κ3) is 2.11. The Bertz CT molecular complexity index is 392. The first-order valence-electron chi connectivity index (χ1n) is 4.19. The molecule has 1 aromatic heterocycles. The van der Waals surface area contributed by atoms with Crippen molar-refractivity contribution in [3.05, 3.63) is 57.2 Å². The van der Waals surface area contributed by atoms with Crippen LogP contribution >= 0.6 is 34.5 Å². The summed E-state index contributed by atoms with van der Waals surface area (Å²) in [5.41, 5.74) is 2.22. The summed E-state index contributed by atoms with van der Waals surface area (Å²) in [6.45, 7) is 0. The largest absolute Gasteiger partial charge is 0.152 e. The van der Waals surface area contributed by atoms with Gasteiger partial charge in [-0.3, -0.25) is 0 Å². The van der Waals surface area contributed by atoms with Crippen molar-refractivity contribution < 1.29 is 0 Å².